The van der Waals surface area contributed by atoms with Crippen molar-refractivity contribution in [3.05, 3.63) is 12.0 Å². The molecule has 1 aliphatic heterocycles. The second kappa shape index (κ2) is 4.25. The highest BCUT2D eigenvalue weighted by Gasteiger charge is 1.94. The first-order valence-corrected chi connectivity index (χ1v) is 2.53. The molecule has 0 spiro atoms. The van der Waals surface area contributed by atoms with E-state index in [2.05, 4.69) is 15.2 Å². The first-order chi connectivity index (χ1) is 3.00. The number of hydrogen-bond acceptors (Lipinski definition) is 3. The second-order valence-electron chi connectivity index (χ2n) is 0.753. The van der Waals surface area contributed by atoms with Gasteiger partial charge in [0.2, 0.25) is 0 Å². The molecular weight excluding hydrogens is 223 g/mol. The SMILES string of the molecule is C1=C[Si+]=NNO1.[I-]. The van der Waals surface area contributed by atoms with E-state index in [9.17, 15) is 0 Å². The minimum Gasteiger partial charge on any atom is -1.00 e. The minimum absolute atomic E-state index is 0. The van der Waals surface area contributed by atoms with Crippen molar-refractivity contribution in [3.8, 4) is 0 Å². The lowest BCUT2D eigenvalue weighted by Crippen LogP contribution is -3.00. The van der Waals surface area contributed by atoms with Gasteiger partial charge in [-0.3, -0.25) is 0 Å². The molecule has 0 aromatic carbocycles. The Hall–Kier alpha value is 0.0869. The summed E-state index contributed by atoms with van der Waals surface area (Å²) in [6.07, 6.45) is 1.57. The molecule has 0 radical (unpaired) electrons. The molecule has 0 aliphatic carbocycles. The van der Waals surface area contributed by atoms with Crippen LogP contribution >= 0.6 is 0 Å². The quantitative estimate of drug-likeness (QED) is 0.348. The van der Waals surface area contributed by atoms with Gasteiger partial charge in [-0.05, 0) is 0 Å². The van der Waals surface area contributed by atoms with Gasteiger partial charge in [-0.2, -0.15) is 0 Å². The van der Waals surface area contributed by atoms with Crippen molar-refractivity contribution < 1.29 is 28.8 Å². The van der Waals surface area contributed by atoms with Gasteiger partial charge in [-0.1, -0.05) is 0 Å². The maximum atomic E-state index is 4.48. The maximum absolute atomic E-state index is 4.48. The molecular formula is C2H3IN2OSi. The number of nitrogens with one attached hydrogen (secondary N) is 1. The van der Waals surface area contributed by atoms with E-state index in [1.807, 2.05) is 5.70 Å². The number of halogens is 1. The van der Waals surface area contributed by atoms with E-state index in [4.69, 9.17) is 0 Å². The lowest BCUT2D eigenvalue weighted by molar-refractivity contribution is -0.00000192. The van der Waals surface area contributed by atoms with E-state index in [0.29, 0.717) is 9.31 Å². The van der Waals surface area contributed by atoms with Crippen molar-refractivity contribution in [2.24, 2.45) is 4.74 Å². The molecule has 1 N–H and O–H groups in total. The fraction of sp³-hybridized carbons (Fsp3) is 0. The third kappa shape index (κ3) is 2.74. The summed E-state index contributed by atoms with van der Waals surface area (Å²) < 4.78 is 3.65. The van der Waals surface area contributed by atoms with E-state index in [1.54, 1.807) is 6.26 Å². The van der Waals surface area contributed by atoms with Gasteiger partial charge >= 0.3 is 9.31 Å². The van der Waals surface area contributed by atoms with Crippen molar-refractivity contribution in [2.45, 2.75) is 0 Å². The first kappa shape index (κ1) is 7.09. The summed E-state index contributed by atoms with van der Waals surface area (Å²) in [5, 5.41) is 0. The van der Waals surface area contributed by atoms with Crippen molar-refractivity contribution >= 4 is 9.31 Å². The van der Waals surface area contributed by atoms with Crippen LogP contribution in [0.2, 0.25) is 0 Å². The van der Waals surface area contributed by atoms with Crippen LogP contribution in [0.3, 0.4) is 0 Å². The highest BCUT2D eigenvalue weighted by atomic mass is 127. The molecule has 0 fully saturated rings. The van der Waals surface area contributed by atoms with Crippen LogP contribution in [-0.2, 0) is 4.84 Å². The van der Waals surface area contributed by atoms with Gasteiger partial charge in [-0.15, -0.1) is 5.59 Å². The van der Waals surface area contributed by atoms with Gasteiger partial charge in [0.25, 0.3) is 0 Å². The molecule has 1 aliphatic rings. The van der Waals surface area contributed by atoms with Gasteiger partial charge in [-0.25, -0.2) is 0 Å². The fourth-order valence-electron chi connectivity index (χ4n) is 0.185. The summed E-state index contributed by atoms with van der Waals surface area (Å²) in [6, 6.07) is 0. The predicted molar refractivity (Wildman–Crippen MR) is 21.5 cm³/mol. The third-order valence-electron chi connectivity index (χ3n) is 0.374. The fourth-order valence-corrected chi connectivity index (χ4v) is 0.494. The minimum atomic E-state index is 0. The molecule has 1 rings (SSSR count). The Balaban J connectivity index is 0.000000360. The van der Waals surface area contributed by atoms with E-state index >= 15 is 0 Å². The molecule has 0 aromatic rings. The van der Waals surface area contributed by atoms with Crippen molar-refractivity contribution in [3.63, 3.8) is 0 Å². The molecule has 7 heavy (non-hydrogen) atoms. The monoisotopic (exact) mass is 226 g/mol. The molecule has 0 bridgehead atoms. The molecule has 1 heterocycles. The Morgan fingerprint density at radius 1 is 1.71 bits per heavy atom. The lowest BCUT2D eigenvalue weighted by atomic mass is 11.2. The Bertz CT molecular complexity index is 81.7. The van der Waals surface area contributed by atoms with Crippen LogP contribution in [-0.4, -0.2) is 9.31 Å². The third-order valence-corrected chi connectivity index (χ3v) is 0.879. The Labute approximate surface area is 60.6 Å². The smallest absolute Gasteiger partial charge is 0.643 e. The van der Waals surface area contributed by atoms with E-state index < -0.39 is 0 Å². The average molecular weight is 226 g/mol. The molecule has 3 nitrogen and oxygen atoms in total. The maximum Gasteiger partial charge on any atom is 0.643 e. The Kier molecular flexibility index (Phi) is 4.30. The van der Waals surface area contributed by atoms with Gasteiger partial charge in [0.1, 0.15) is 0 Å². The topological polar surface area (TPSA) is 33.6 Å². The van der Waals surface area contributed by atoms with Gasteiger partial charge in [0.05, 0.1) is 0 Å². The zero-order valence-corrected chi connectivity index (χ0v) is 6.55. The predicted octanol–water partition coefficient (Wildman–Crippen LogP) is -3.20. The molecule has 0 amide bonds. The molecule has 0 aromatic heterocycles. The van der Waals surface area contributed by atoms with Crippen molar-refractivity contribution in [1.29, 1.82) is 0 Å². The summed E-state index contributed by atoms with van der Waals surface area (Å²) >= 11 is 0. The Morgan fingerprint density at radius 3 is 2.71 bits per heavy atom. The second-order valence-corrected chi connectivity index (χ2v) is 1.57. The molecule has 38 valence electrons. The molecule has 0 unspecified atom stereocenters. The summed E-state index contributed by atoms with van der Waals surface area (Å²) in [4.78, 5) is 4.48. The van der Waals surface area contributed by atoms with E-state index in [-0.39, 0.29) is 24.0 Å². The van der Waals surface area contributed by atoms with Crippen LogP contribution in [0.1, 0.15) is 0 Å². The van der Waals surface area contributed by atoms with Crippen LogP contribution < -0.4 is 29.6 Å². The summed E-state index contributed by atoms with van der Waals surface area (Å²) in [7, 11) is 0.510. The summed E-state index contributed by atoms with van der Waals surface area (Å²) in [6.45, 7) is 0. The Morgan fingerprint density at radius 2 is 2.57 bits per heavy atom. The van der Waals surface area contributed by atoms with Crippen LogP contribution in [0.25, 0.3) is 0 Å². The molecule has 0 atom stereocenters. The van der Waals surface area contributed by atoms with Gasteiger partial charge in [0, 0.05) is 4.74 Å². The van der Waals surface area contributed by atoms with Gasteiger partial charge in [0.15, 0.2) is 12.0 Å². The summed E-state index contributed by atoms with van der Waals surface area (Å²) in [5.41, 5.74) is 4.18. The number of rotatable bonds is 0. The normalized spacial score (nSPS) is 12.6. The largest absolute Gasteiger partial charge is 1.00 e. The molecule has 5 heteroatoms. The molecule has 0 saturated heterocycles. The average Bonchev–Trinajstić information content (AvgIpc) is 1.72. The lowest BCUT2D eigenvalue weighted by Gasteiger charge is -1.88. The number of hydrogen-bond donors (Lipinski definition) is 1. The highest BCUT2D eigenvalue weighted by Crippen LogP contribution is 1.73. The first-order valence-electron chi connectivity index (χ1n) is 1.51. The van der Waals surface area contributed by atoms with Crippen LogP contribution in [0.4, 0.5) is 0 Å². The number of nitrogens with zero attached hydrogens (tertiary/aromatic N) is 1. The highest BCUT2D eigenvalue weighted by molar-refractivity contribution is 6.28. The standard InChI is InChI=1S/C2H3N2OSi.HI/c1-2-6-4-3-5-1;/h1-3H;1H/q+1;/p-1. The zero-order chi connectivity index (χ0) is 4.24. The van der Waals surface area contributed by atoms with Crippen LogP contribution in [0, 0.1) is 0 Å². The van der Waals surface area contributed by atoms with Crippen molar-refractivity contribution in [1.82, 2.24) is 5.59 Å². The van der Waals surface area contributed by atoms with Crippen LogP contribution in [0.5, 0.6) is 0 Å². The van der Waals surface area contributed by atoms with Gasteiger partial charge < -0.3 is 28.8 Å². The van der Waals surface area contributed by atoms with Crippen LogP contribution in [0.15, 0.2) is 16.7 Å². The summed E-state index contributed by atoms with van der Waals surface area (Å²) in [5.74, 6) is 0. The van der Waals surface area contributed by atoms with Crippen molar-refractivity contribution in [2.75, 3.05) is 0 Å². The zero-order valence-electron chi connectivity index (χ0n) is 3.39. The van der Waals surface area contributed by atoms with E-state index in [0.717, 1.165) is 0 Å². The molecule has 0 saturated carbocycles. The van der Waals surface area contributed by atoms with E-state index in [1.165, 1.54) is 0 Å².